The Morgan fingerprint density at radius 3 is 1.26 bits per heavy atom. The van der Waals surface area contributed by atoms with Gasteiger partial charge < -0.3 is 0 Å². The molecule has 0 aliphatic heterocycles. The summed E-state index contributed by atoms with van der Waals surface area (Å²) in [5, 5.41) is 0. The summed E-state index contributed by atoms with van der Waals surface area (Å²) >= 11 is 0. The van der Waals surface area contributed by atoms with E-state index in [1.165, 1.54) is 61.2 Å². The number of hydrogen-bond donors (Lipinski definition) is 0. The van der Waals surface area contributed by atoms with Crippen LogP contribution in [0.25, 0.3) is 67.5 Å². The molecule has 0 fully saturated rings. The summed E-state index contributed by atoms with van der Waals surface area (Å²) in [7, 11) is 0. The van der Waals surface area contributed by atoms with Gasteiger partial charge in [0, 0.05) is 16.7 Å². The monoisotopic (exact) mass is 735 g/mol. The highest BCUT2D eigenvalue weighted by Gasteiger charge is 2.52. The van der Waals surface area contributed by atoms with Gasteiger partial charge in [0.15, 0.2) is 17.5 Å². The van der Waals surface area contributed by atoms with E-state index in [0.29, 0.717) is 17.5 Å². The zero-order chi connectivity index (χ0) is 39.1. The molecule has 0 N–H and O–H groups in total. The van der Waals surface area contributed by atoms with Gasteiger partial charge in [0.05, 0.1) is 5.41 Å². The summed E-state index contributed by atoms with van der Waals surface area (Å²) < 4.78 is 0. The molecule has 1 spiro atoms. The van der Waals surface area contributed by atoms with Gasteiger partial charge in [0.25, 0.3) is 0 Å². The number of aromatic nitrogens is 3. The van der Waals surface area contributed by atoms with Crippen molar-refractivity contribution in [1.82, 2.24) is 15.0 Å². The van der Waals surface area contributed by atoms with E-state index in [-0.39, 0.29) is 10.8 Å². The summed E-state index contributed by atoms with van der Waals surface area (Å²) in [5.41, 5.74) is 18.3. The van der Waals surface area contributed by atoms with E-state index in [1.807, 2.05) is 60.7 Å². The molecule has 1 heterocycles. The molecule has 8 aromatic rings. The predicted molar refractivity (Wildman–Crippen MR) is 235 cm³/mol. The van der Waals surface area contributed by atoms with E-state index in [4.69, 9.17) is 15.0 Å². The molecule has 7 aromatic carbocycles. The molecule has 0 saturated carbocycles. The maximum Gasteiger partial charge on any atom is 0.164 e. The molecule has 0 atom stereocenters. The number of fused-ring (bicyclic) bond motifs is 10. The first-order chi connectivity index (χ1) is 27.5. The van der Waals surface area contributed by atoms with Crippen molar-refractivity contribution in [2.45, 2.75) is 57.8 Å². The van der Waals surface area contributed by atoms with Crippen molar-refractivity contribution >= 4 is 0 Å². The van der Waals surface area contributed by atoms with Gasteiger partial charge in [-0.25, -0.2) is 15.0 Å². The molecule has 3 heteroatoms. The van der Waals surface area contributed by atoms with Crippen molar-refractivity contribution in [1.29, 1.82) is 0 Å². The fourth-order valence-corrected chi connectivity index (χ4v) is 9.14. The first-order valence-electron chi connectivity index (χ1n) is 20.0. The number of rotatable bonds is 4. The van der Waals surface area contributed by atoms with Crippen LogP contribution < -0.4 is 0 Å². The zero-order valence-electron chi connectivity index (χ0n) is 33.4. The highest BCUT2D eigenvalue weighted by Crippen LogP contribution is 2.64. The van der Waals surface area contributed by atoms with E-state index in [9.17, 15) is 0 Å². The van der Waals surface area contributed by atoms with Crippen LogP contribution in [-0.4, -0.2) is 15.0 Å². The number of nitrogens with zero attached hydrogens (tertiary/aromatic N) is 3. The molecule has 2 aliphatic carbocycles. The third-order valence-corrected chi connectivity index (χ3v) is 12.1. The Bertz CT molecular complexity index is 2720. The van der Waals surface area contributed by atoms with Gasteiger partial charge in [-0.2, -0.15) is 0 Å². The second-order valence-electron chi connectivity index (χ2n) is 17.7. The summed E-state index contributed by atoms with van der Waals surface area (Å²) in [5.74, 6) is 1.97. The first kappa shape index (κ1) is 35.0. The fraction of sp³-hybridized carbons (Fsp3) is 0.167. The minimum absolute atomic E-state index is 0.00829. The lowest BCUT2D eigenvalue weighted by Crippen LogP contribution is -2.27. The van der Waals surface area contributed by atoms with Crippen LogP contribution in [0.1, 0.15) is 74.9 Å². The second-order valence-corrected chi connectivity index (χ2v) is 17.7. The molecule has 2 aliphatic rings. The van der Waals surface area contributed by atoms with Crippen molar-refractivity contribution in [2.75, 3.05) is 0 Å². The first-order valence-corrected chi connectivity index (χ1v) is 20.0. The molecule has 0 saturated heterocycles. The summed E-state index contributed by atoms with van der Waals surface area (Å²) in [6.45, 7) is 13.9. The van der Waals surface area contributed by atoms with Gasteiger partial charge in [0.1, 0.15) is 0 Å². The van der Waals surface area contributed by atoms with Gasteiger partial charge in [0.2, 0.25) is 0 Å². The molecular weight excluding hydrogens is 691 g/mol. The van der Waals surface area contributed by atoms with Crippen LogP contribution in [0.15, 0.2) is 164 Å². The van der Waals surface area contributed by atoms with Crippen molar-refractivity contribution in [3.63, 3.8) is 0 Å². The van der Waals surface area contributed by atoms with Gasteiger partial charge in [-0.05, 0) is 77.6 Å². The summed E-state index contributed by atoms with van der Waals surface area (Å²) in [4.78, 5) is 14.9. The Morgan fingerprint density at radius 2 is 0.754 bits per heavy atom. The lowest BCUT2D eigenvalue weighted by Gasteiger charge is -2.33. The van der Waals surface area contributed by atoms with Crippen LogP contribution in [0.4, 0.5) is 0 Å². The normalized spacial score (nSPS) is 13.6. The van der Waals surface area contributed by atoms with Crippen molar-refractivity contribution in [3.8, 4) is 67.5 Å². The Balaban J connectivity index is 1.16. The average molecular weight is 736 g/mol. The molecule has 57 heavy (non-hydrogen) atoms. The molecule has 0 amide bonds. The van der Waals surface area contributed by atoms with Crippen LogP contribution in [0, 0.1) is 0 Å². The van der Waals surface area contributed by atoms with E-state index in [1.54, 1.807) is 0 Å². The summed E-state index contributed by atoms with van der Waals surface area (Å²) in [6.07, 6.45) is 0. The minimum Gasteiger partial charge on any atom is -0.208 e. The summed E-state index contributed by atoms with van der Waals surface area (Å²) in [6, 6.07) is 59.7. The lowest BCUT2D eigenvalue weighted by molar-refractivity contribution is 0.586. The molecule has 1 aromatic heterocycles. The molecule has 10 rings (SSSR count). The molecule has 0 radical (unpaired) electrons. The van der Waals surface area contributed by atoms with E-state index in [0.717, 1.165) is 22.3 Å². The molecule has 276 valence electrons. The van der Waals surface area contributed by atoms with Crippen LogP contribution in [0.5, 0.6) is 0 Å². The van der Waals surface area contributed by atoms with Gasteiger partial charge in [-0.1, -0.05) is 205 Å². The Labute approximate surface area is 336 Å². The molecular formula is C54H45N3. The average Bonchev–Trinajstić information content (AvgIpc) is 3.70. The van der Waals surface area contributed by atoms with E-state index in [2.05, 4.69) is 145 Å². The maximum atomic E-state index is 5.01. The largest absolute Gasteiger partial charge is 0.208 e. The molecule has 0 unspecified atom stereocenters. The van der Waals surface area contributed by atoms with Crippen LogP contribution in [0.2, 0.25) is 0 Å². The number of hydrogen-bond acceptors (Lipinski definition) is 3. The predicted octanol–water partition coefficient (Wildman–Crippen LogP) is 13.5. The van der Waals surface area contributed by atoms with Crippen LogP contribution >= 0.6 is 0 Å². The Hall–Kier alpha value is -6.45. The smallest absolute Gasteiger partial charge is 0.164 e. The SMILES string of the molecule is CC(C)(C)c1ccc2c(c1)C1(c3cc(C(C)(C)C)ccc3-2)c2ccccc2-c2c(-c3ccc(-c4nc(-c5ccccc5)nc(-c5ccccc5)n4)cc3)cccc21. The maximum absolute atomic E-state index is 5.01. The van der Waals surface area contributed by atoms with Gasteiger partial charge >= 0.3 is 0 Å². The standard InChI is InChI=1S/C54H45N3/c1-52(2,3)38-28-30-41-42-31-29-39(53(4,5)6)33-47(42)54(46(41)32-38)44-22-14-13-20-43(44)48-40(21-15-23-45(48)54)34-24-26-37(27-25-34)51-56-49(35-16-9-7-10-17-35)55-50(57-51)36-18-11-8-12-19-36/h7-33H,1-6H3. The van der Waals surface area contributed by atoms with E-state index < -0.39 is 5.41 Å². The van der Waals surface area contributed by atoms with Crippen molar-refractivity contribution in [2.24, 2.45) is 0 Å². The minimum atomic E-state index is -0.443. The van der Waals surface area contributed by atoms with Crippen molar-refractivity contribution < 1.29 is 0 Å². The quantitative estimate of drug-likeness (QED) is 0.181. The third-order valence-electron chi connectivity index (χ3n) is 12.1. The fourth-order valence-electron chi connectivity index (χ4n) is 9.14. The van der Waals surface area contributed by atoms with Crippen molar-refractivity contribution in [3.05, 3.63) is 197 Å². The zero-order valence-corrected chi connectivity index (χ0v) is 33.4. The van der Waals surface area contributed by atoms with Gasteiger partial charge in [-0.3, -0.25) is 0 Å². The highest BCUT2D eigenvalue weighted by molar-refractivity contribution is 6.00. The van der Waals surface area contributed by atoms with E-state index >= 15 is 0 Å². The van der Waals surface area contributed by atoms with Crippen LogP contribution in [-0.2, 0) is 16.2 Å². The third kappa shape index (κ3) is 5.51. The molecule has 3 nitrogen and oxygen atoms in total. The highest BCUT2D eigenvalue weighted by atomic mass is 15.0. The topological polar surface area (TPSA) is 38.7 Å². The molecule has 0 bridgehead atoms. The number of benzene rings is 7. The lowest BCUT2D eigenvalue weighted by atomic mass is 9.68. The van der Waals surface area contributed by atoms with Crippen LogP contribution in [0.3, 0.4) is 0 Å². The Kier molecular flexibility index (Phi) is 7.85. The van der Waals surface area contributed by atoms with Gasteiger partial charge in [-0.15, -0.1) is 0 Å². The second kappa shape index (κ2) is 12.8. The Morgan fingerprint density at radius 1 is 0.333 bits per heavy atom.